The topological polar surface area (TPSA) is 22.1 Å². The summed E-state index contributed by atoms with van der Waals surface area (Å²) in [5.74, 6) is 1.60. The van der Waals surface area contributed by atoms with E-state index in [0.717, 1.165) is 29.3 Å². The average molecular weight is 258 g/mol. The van der Waals surface area contributed by atoms with Crippen LogP contribution in [0, 0.1) is 5.92 Å². The molecule has 78 valence electrons. The van der Waals surface area contributed by atoms with E-state index < -0.39 is 0 Å². The van der Waals surface area contributed by atoms with Gasteiger partial charge in [0, 0.05) is 0 Å². The molecule has 14 heavy (non-hydrogen) atoms. The molecule has 0 amide bonds. The lowest BCUT2D eigenvalue weighted by Gasteiger charge is -2.06. The van der Waals surface area contributed by atoms with Crippen LogP contribution in [-0.4, -0.2) is 11.6 Å². The van der Waals surface area contributed by atoms with Gasteiger partial charge in [-0.05, 0) is 46.8 Å². The SMILES string of the molecule is CC(C)CCCOc1ccc(Br)nc1. The molecule has 0 unspecified atom stereocenters. The summed E-state index contributed by atoms with van der Waals surface area (Å²) in [7, 11) is 0. The quantitative estimate of drug-likeness (QED) is 0.594. The number of hydrogen-bond donors (Lipinski definition) is 0. The number of ether oxygens (including phenoxy) is 1. The molecule has 3 heteroatoms. The Hall–Kier alpha value is -0.570. The summed E-state index contributed by atoms with van der Waals surface area (Å²) < 4.78 is 6.37. The van der Waals surface area contributed by atoms with Gasteiger partial charge in [-0.25, -0.2) is 4.98 Å². The van der Waals surface area contributed by atoms with Crippen molar-refractivity contribution >= 4 is 15.9 Å². The van der Waals surface area contributed by atoms with Gasteiger partial charge in [-0.1, -0.05) is 13.8 Å². The summed E-state index contributed by atoms with van der Waals surface area (Å²) in [6.45, 7) is 5.23. The van der Waals surface area contributed by atoms with Crippen LogP contribution >= 0.6 is 15.9 Å². The number of halogens is 1. The molecule has 0 spiro atoms. The molecule has 0 N–H and O–H groups in total. The average Bonchev–Trinajstić information content (AvgIpc) is 2.15. The Balaban J connectivity index is 2.21. The largest absolute Gasteiger partial charge is 0.492 e. The van der Waals surface area contributed by atoms with Crippen LogP contribution in [0.5, 0.6) is 5.75 Å². The van der Waals surface area contributed by atoms with E-state index >= 15 is 0 Å². The Morgan fingerprint density at radius 1 is 1.43 bits per heavy atom. The molecule has 1 rings (SSSR count). The lowest BCUT2D eigenvalue weighted by atomic mass is 10.1. The van der Waals surface area contributed by atoms with Crippen molar-refractivity contribution < 1.29 is 4.74 Å². The molecule has 0 aliphatic heterocycles. The molecule has 0 saturated heterocycles. The van der Waals surface area contributed by atoms with Crippen LogP contribution in [0.3, 0.4) is 0 Å². The van der Waals surface area contributed by atoms with E-state index in [4.69, 9.17) is 4.74 Å². The number of rotatable bonds is 5. The van der Waals surface area contributed by atoms with Crippen LogP contribution in [-0.2, 0) is 0 Å². The smallest absolute Gasteiger partial charge is 0.137 e. The van der Waals surface area contributed by atoms with Gasteiger partial charge in [-0.3, -0.25) is 0 Å². The molecular formula is C11H16BrNO. The minimum Gasteiger partial charge on any atom is -0.492 e. The zero-order valence-corrected chi connectivity index (χ0v) is 10.3. The Bertz CT molecular complexity index is 258. The standard InChI is InChI=1S/C11H16BrNO/c1-9(2)4-3-7-14-10-5-6-11(12)13-8-10/h5-6,8-9H,3-4,7H2,1-2H3. The van der Waals surface area contributed by atoms with Gasteiger partial charge in [0.25, 0.3) is 0 Å². The van der Waals surface area contributed by atoms with E-state index in [-0.39, 0.29) is 0 Å². The third-order valence-corrected chi connectivity index (χ3v) is 2.36. The zero-order chi connectivity index (χ0) is 10.4. The lowest BCUT2D eigenvalue weighted by Crippen LogP contribution is -1.99. The van der Waals surface area contributed by atoms with Gasteiger partial charge < -0.3 is 4.74 Å². The highest BCUT2D eigenvalue weighted by atomic mass is 79.9. The van der Waals surface area contributed by atoms with Crippen LogP contribution in [0.2, 0.25) is 0 Å². The number of pyridine rings is 1. The fourth-order valence-corrected chi connectivity index (χ4v) is 1.36. The first kappa shape index (κ1) is 11.5. The maximum Gasteiger partial charge on any atom is 0.137 e. The molecule has 0 aromatic carbocycles. The second-order valence-electron chi connectivity index (χ2n) is 3.70. The van der Waals surface area contributed by atoms with E-state index in [1.165, 1.54) is 6.42 Å². The summed E-state index contributed by atoms with van der Waals surface area (Å²) in [6.07, 6.45) is 4.05. The Labute approximate surface area is 93.8 Å². The van der Waals surface area contributed by atoms with Gasteiger partial charge in [-0.2, -0.15) is 0 Å². The summed E-state index contributed by atoms with van der Waals surface area (Å²) >= 11 is 3.28. The van der Waals surface area contributed by atoms with Crippen LogP contribution in [0.4, 0.5) is 0 Å². The number of hydrogen-bond acceptors (Lipinski definition) is 2. The van der Waals surface area contributed by atoms with Gasteiger partial charge in [0.2, 0.25) is 0 Å². The fraction of sp³-hybridized carbons (Fsp3) is 0.545. The zero-order valence-electron chi connectivity index (χ0n) is 8.66. The second-order valence-corrected chi connectivity index (χ2v) is 4.51. The second kappa shape index (κ2) is 6.02. The van der Waals surface area contributed by atoms with Crippen molar-refractivity contribution in [2.75, 3.05) is 6.61 Å². The molecule has 2 nitrogen and oxygen atoms in total. The summed E-state index contributed by atoms with van der Waals surface area (Å²) in [4.78, 5) is 4.08. The van der Waals surface area contributed by atoms with E-state index in [0.29, 0.717) is 0 Å². The first-order valence-corrected chi connectivity index (χ1v) is 5.72. The fourth-order valence-electron chi connectivity index (χ4n) is 1.13. The van der Waals surface area contributed by atoms with E-state index in [9.17, 15) is 0 Å². The van der Waals surface area contributed by atoms with Crippen molar-refractivity contribution in [1.82, 2.24) is 4.98 Å². The summed E-state index contributed by atoms with van der Waals surface area (Å²) in [5, 5.41) is 0. The minimum absolute atomic E-state index is 0.752. The Kier molecular flexibility index (Phi) is 4.94. The molecule has 0 bridgehead atoms. The van der Waals surface area contributed by atoms with Crippen molar-refractivity contribution in [2.45, 2.75) is 26.7 Å². The van der Waals surface area contributed by atoms with Crippen LogP contribution in [0.25, 0.3) is 0 Å². The normalized spacial score (nSPS) is 10.6. The first-order valence-electron chi connectivity index (χ1n) is 4.93. The van der Waals surface area contributed by atoms with E-state index in [2.05, 4.69) is 34.8 Å². The predicted octanol–water partition coefficient (Wildman–Crippen LogP) is 3.66. The van der Waals surface area contributed by atoms with E-state index in [1.54, 1.807) is 6.20 Å². The maximum absolute atomic E-state index is 5.53. The third-order valence-electron chi connectivity index (χ3n) is 1.89. The Morgan fingerprint density at radius 2 is 2.21 bits per heavy atom. The molecule has 0 atom stereocenters. The molecule has 0 fully saturated rings. The van der Waals surface area contributed by atoms with Crippen LogP contribution in [0.1, 0.15) is 26.7 Å². The summed E-state index contributed by atoms with van der Waals surface area (Å²) in [5.41, 5.74) is 0. The van der Waals surface area contributed by atoms with E-state index in [1.807, 2.05) is 12.1 Å². The molecular weight excluding hydrogens is 242 g/mol. The molecule has 0 aliphatic carbocycles. The maximum atomic E-state index is 5.53. The van der Waals surface area contributed by atoms with Crippen molar-refractivity contribution in [2.24, 2.45) is 5.92 Å². The predicted molar refractivity (Wildman–Crippen MR) is 61.5 cm³/mol. The summed E-state index contributed by atoms with van der Waals surface area (Å²) in [6, 6.07) is 3.81. The van der Waals surface area contributed by atoms with Crippen molar-refractivity contribution in [3.8, 4) is 5.75 Å². The number of nitrogens with zero attached hydrogens (tertiary/aromatic N) is 1. The monoisotopic (exact) mass is 257 g/mol. The lowest BCUT2D eigenvalue weighted by molar-refractivity contribution is 0.296. The Morgan fingerprint density at radius 3 is 2.79 bits per heavy atom. The van der Waals surface area contributed by atoms with Crippen molar-refractivity contribution in [3.05, 3.63) is 22.9 Å². The van der Waals surface area contributed by atoms with Gasteiger partial charge in [0.05, 0.1) is 12.8 Å². The third kappa shape index (κ3) is 4.61. The molecule has 1 aromatic heterocycles. The molecule has 0 radical (unpaired) electrons. The van der Waals surface area contributed by atoms with Gasteiger partial charge in [-0.15, -0.1) is 0 Å². The van der Waals surface area contributed by atoms with Crippen molar-refractivity contribution in [1.29, 1.82) is 0 Å². The van der Waals surface area contributed by atoms with Crippen LogP contribution in [0.15, 0.2) is 22.9 Å². The molecule has 1 heterocycles. The highest BCUT2D eigenvalue weighted by Crippen LogP contribution is 2.13. The first-order chi connectivity index (χ1) is 6.68. The van der Waals surface area contributed by atoms with Gasteiger partial charge in [0.15, 0.2) is 0 Å². The van der Waals surface area contributed by atoms with Gasteiger partial charge in [0.1, 0.15) is 10.4 Å². The van der Waals surface area contributed by atoms with Crippen LogP contribution < -0.4 is 4.74 Å². The molecule has 1 aromatic rings. The minimum atomic E-state index is 0.752. The highest BCUT2D eigenvalue weighted by Gasteiger charge is 1.96. The van der Waals surface area contributed by atoms with Crippen molar-refractivity contribution in [3.63, 3.8) is 0 Å². The van der Waals surface area contributed by atoms with Gasteiger partial charge >= 0.3 is 0 Å². The molecule has 0 saturated carbocycles. The highest BCUT2D eigenvalue weighted by molar-refractivity contribution is 9.10. The number of aromatic nitrogens is 1. The molecule has 0 aliphatic rings.